The summed E-state index contributed by atoms with van der Waals surface area (Å²) in [4.78, 5) is 3.77. The predicted molar refractivity (Wildman–Crippen MR) is 89.4 cm³/mol. The predicted octanol–water partition coefficient (Wildman–Crippen LogP) is 3.52. The van der Waals surface area contributed by atoms with Crippen molar-refractivity contribution in [3.63, 3.8) is 0 Å². The van der Waals surface area contributed by atoms with Crippen LogP contribution in [0.25, 0.3) is 0 Å². The fourth-order valence-corrected chi connectivity index (χ4v) is 2.54. The van der Waals surface area contributed by atoms with Gasteiger partial charge in [-0.1, -0.05) is 24.3 Å². The molecular formula is C18H20BF2NO2. The normalized spacial score (nSPS) is 19.5. The minimum atomic E-state index is -3.09. The van der Waals surface area contributed by atoms with Crippen molar-refractivity contribution in [1.29, 1.82) is 0 Å². The number of pyridine rings is 1. The van der Waals surface area contributed by atoms with E-state index in [2.05, 4.69) is 4.98 Å². The van der Waals surface area contributed by atoms with Crippen molar-refractivity contribution in [3.8, 4) is 0 Å². The maximum Gasteiger partial charge on any atom is 0.494 e. The van der Waals surface area contributed by atoms with E-state index in [1.165, 1.54) is 36.7 Å². The van der Waals surface area contributed by atoms with Crippen molar-refractivity contribution in [1.82, 2.24) is 4.98 Å². The lowest BCUT2D eigenvalue weighted by atomic mass is 9.78. The quantitative estimate of drug-likeness (QED) is 0.807. The number of nitrogens with zero attached hydrogens (tertiary/aromatic N) is 1. The molecule has 0 spiro atoms. The molecule has 0 amide bonds. The summed E-state index contributed by atoms with van der Waals surface area (Å²) < 4.78 is 41.0. The van der Waals surface area contributed by atoms with Crippen molar-refractivity contribution in [3.05, 3.63) is 59.9 Å². The molecular weight excluding hydrogens is 311 g/mol. The van der Waals surface area contributed by atoms with Crippen LogP contribution in [0.15, 0.2) is 48.8 Å². The Morgan fingerprint density at radius 1 is 0.917 bits per heavy atom. The molecule has 0 radical (unpaired) electrons. The lowest BCUT2D eigenvalue weighted by Crippen LogP contribution is -2.41. The average molecular weight is 331 g/mol. The Bertz CT molecular complexity index is 702. The highest BCUT2D eigenvalue weighted by molar-refractivity contribution is 6.62. The highest BCUT2D eigenvalue weighted by Gasteiger charge is 2.51. The maximum absolute atomic E-state index is 14.5. The Balaban J connectivity index is 1.85. The van der Waals surface area contributed by atoms with Gasteiger partial charge < -0.3 is 9.31 Å². The van der Waals surface area contributed by atoms with Gasteiger partial charge >= 0.3 is 7.12 Å². The Morgan fingerprint density at radius 3 is 2.00 bits per heavy atom. The second-order valence-corrected chi connectivity index (χ2v) is 7.03. The fraction of sp³-hybridized carbons (Fsp3) is 0.389. The van der Waals surface area contributed by atoms with Crippen LogP contribution in [-0.2, 0) is 15.2 Å². The van der Waals surface area contributed by atoms with E-state index >= 15 is 0 Å². The van der Waals surface area contributed by atoms with Crippen molar-refractivity contribution in [2.45, 2.75) is 44.8 Å². The molecule has 0 bridgehead atoms. The Kier molecular flexibility index (Phi) is 4.01. The summed E-state index contributed by atoms with van der Waals surface area (Å²) >= 11 is 0. The topological polar surface area (TPSA) is 31.4 Å². The summed E-state index contributed by atoms with van der Waals surface area (Å²) in [7, 11) is -0.559. The molecule has 1 aromatic carbocycles. The molecule has 0 N–H and O–H groups in total. The molecule has 0 saturated carbocycles. The van der Waals surface area contributed by atoms with Crippen LogP contribution in [0.2, 0.25) is 0 Å². The van der Waals surface area contributed by atoms with Crippen LogP contribution in [-0.4, -0.2) is 23.3 Å². The molecule has 0 unspecified atom stereocenters. The molecule has 6 heteroatoms. The summed E-state index contributed by atoms with van der Waals surface area (Å²) in [6.45, 7) is 7.83. The summed E-state index contributed by atoms with van der Waals surface area (Å²) in [6.07, 6.45) is 2.66. The second-order valence-electron chi connectivity index (χ2n) is 7.03. The van der Waals surface area contributed by atoms with Gasteiger partial charge in [-0.3, -0.25) is 4.98 Å². The first-order chi connectivity index (χ1) is 11.1. The number of hydrogen-bond donors (Lipinski definition) is 0. The smallest absolute Gasteiger partial charge is 0.399 e. The molecule has 0 atom stereocenters. The first kappa shape index (κ1) is 17.1. The van der Waals surface area contributed by atoms with Crippen LogP contribution in [0.1, 0.15) is 38.8 Å². The minimum absolute atomic E-state index is 0.0873. The van der Waals surface area contributed by atoms with E-state index in [0.29, 0.717) is 0 Å². The molecule has 3 nitrogen and oxygen atoms in total. The van der Waals surface area contributed by atoms with Crippen LogP contribution in [0.5, 0.6) is 0 Å². The number of halogens is 2. The highest BCUT2D eigenvalue weighted by atomic mass is 19.3. The van der Waals surface area contributed by atoms with Crippen molar-refractivity contribution < 1.29 is 18.1 Å². The zero-order valence-electron chi connectivity index (χ0n) is 14.2. The van der Waals surface area contributed by atoms with Gasteiger partial charge in [-0.25, -0.2) is 0 Å². The third-order valence-corrected chi connectivity index (χ3v) is 4.82. The zero-order chi connectivity index (χ0) is 17.6. The molecule has 1 fully saturated rings. The molecule has 126 valence electrons. The number of hydrogen-bond acceptors (Lipinski definition) is 3. The van der Waals surface area contributed by atoms with Gasteiger partial charge in [0, 0.05) is 23.5 Å². The molecule has 1 aromatic heterocycles. The largest absolute Gasteiger partial charge is 0.494 e. The van der Waals surface area contributed by atoms with E-state index < -0.39 is 24.2 Å². The molecule has 2 aromatic rings. The van der Waals surface area contributed by atoms with Gasteiger partial charge in [0.05, 0.1) is 11.2 Å². The van der Waals surface area contributed by atoms with E-state index in [9.17, 15) is 8.78 Å². The minimum Gasteiger partial charge on any atom is -0.399 e. The molecule has 0 aliphatic carbocycles. The monoisotopic (exact) mass is 331 g/mol. The molecule has 24 heavy (non-hydrogen) atoms. The van der Waals surface area contributed by atoms with Crippen LogP contribution < -0.4 is 5.46 Å². The number of alkyl halides is 2. The second kappa shape index (κ2) is 5.64. The van der Waals surface area contributed by atoms with Gasteiger partial charge in [0.25, 0.3) is 5.92 Å². The lowest BCUT2D eigenvalue weighted by Gasteiger charge is -2.32. The fourth-order valence-electron chi connectivity index (χ4n) is 2.54. The first-order valence-electron chi connectivity index (χ1n) is 7.88. The van der Waals surface area contributed by atoms with Crippen LogP contribution in [0.4, 0.5) is 8.78 Å². The van der Waals surface area contributed by atoms with Crippen molar-refractivity contribution in [2.75, 3.05) is 0 Å². The lowest BCUT2D eigenvalue weighted by molar-refractivity contribution is 0.00578. The summed E-state index contributed by atoms with van der Waals surface area (Å²) in [6, 6.07) is 8.95. The first-order valence-corrected chi connectivity index (χ1v) is 7.88. The third kappa shape index (κ3) is 2.85. The number of rotatable bonds is 3. The molecule has 1 aliphatic rings. The molecule has 2 heterocycles. The molecule has 1 aliphatic heterocycles. The van der Waals surface area contributed by atoms with Crippen LogP contribution in [0.3, 0.4) is 0 Å². The SMILES string of the molecule is CC1(C)OB(c2ccc(C(F)(F)c3cccnc3)cc2)OC1(C)C. The number of benzene rings is 1. The van der Waals surface area contributed by atoms with E-state index in [-0.39, 0.29) is 11.1 Å². The standard InChI is InChI=1S/C18H20BF2NO2/c1-16(2)17(3,4)24-19(23-16)15-9-7-13(8-10-15)18(20,21)14-6-5-11-22-12-14/h5-12H,1-4H3. The van der Waals surface area contributed by atoms with Crippen LogP contribution in [0, 0.1) is 0 Å². The van der Waals surface area contributed by atoms with Gasteiger partial charge in [-0.05, 0) is 45.3 Å². The Labute approximate surface area is 141 Å². The Morgan fingerprint density at radius 2 is 1.50 bits per heavy atom. The van der Waals surface area contributed by atoms with Crippen LogP contribution >= 0.6 is 0 Å². The molecule has 1 saturated heterocycles. The van der Waals surface area contributed by atoms with E-state index in [1.54, 1.807) is 12.1 Å². The third-order valence-electron chi connectivity index (χ3n) is 4.82. The van der Waals surface area contributed by atoms with Gasteiger partial charge in [0.1, 0.15) is 0 Å². The number of aromatic nitrogens is 1. The Hall–Kier alpha value is -1.79. The van der Waals surface area contributed by atoms with Crippen molar-refractivity contribution in [2.24, 2.45) is 0 Å². The van der Waals surface area contributed by atoms with Crippen molar-refractivity contribution >= 4 is 12.6 Å². The average Bonchev–Trinajstić information content (AvgIpc) is 2.76. The van der Waals surface area contributed by atoms with Gasteiger partial charge in [-0.2, -0.15) is 8.78 Å². The highest BCUT2D eigenvalue weighted by Crippen LogP contribution is 2.37. The summed E-state index contributed by atoms with van der Waals surface area (Å²) in [5, 5.41) is 0. The van der Waals surface area contributed by atoms with Gasteiger partial charge in [0.2, 0.25) is 0 Å². The van der Waals surface area contributed by atoms with E-state index in [0.717, 1.165) is 5.46 Å². The van der Waals surface area contributed by atoms with E-state index in [4.69, 9.17) is 9.31 Å². The van der Waals surface area contributed by atoms with Gasteiger partial charge in [-0.15, -0.1) is 0 Å². The zero-order valence-corrected chi connectivity index (χ0v) is 14.2. The summed E-state index contributed by atoms with van der Waals surface area (Å²) in [5.74, 6) is -3.09. The maximum atomic E-state index is 14.5. The van der Waals surface area contributed by atoms with Gasteiger partial charge in [0.15, 0.2) is 0 Å². The summed E-state index contributed by atoms with van der Waals surface area (Å²) in [5.41, 5.74) is -0.421. The van der Waals surface area contributed by atoms with E-state index in [1.807, 2.05) is 27.7 Å². The molecule has 3 rings (SSSR count).